The second-order valence-electron chi connectivity index (χ2n) is 7.41. The van der Waals surface area contributed by atoms with Gasteiger partial charge in [-0.2, -0.15) is 0 Å². The third-order valence-corrected chi connectivity index (χ3v) is 5.50. The van der Waals surface area contributed by atoms with Gasteiger partial charge in [0.15, 0.2) is 11.2 Å². The lowest BCUT2D eigenvalue weighted by molar-refractivity contribution is 0.619. The average Bonchev–Trinajstić information content (AvgIpc) is 3.47. The van der Waals surface area contributed by atoms with Gasteiger partial charge in [-0.25, -0.2) is 18.7 Å². The number of nitrogens with zero attached hydrogens (tertiary/aromatic N) is 4. The minimum absolute atomic E-state index is 0.0959. The maximum atomic E-state index is 13.4. The lowest BCUT2D eigenvalue weighted by Crippen LogP contribution is -2.39. The van der Waals surface area contributed by atoms with E-state index in [0.29, 0.717) is 11.2 Å². The Kier molecular flexibility index (Phi) is 3.97. The Hall–Kier alpha value is -3.48. The number of fused-ring (bicyclic) bond motifs is 1. The number of rotatable bonds is 4. The minimum Gasteiger partial charge on any atom is -0.317 e. The number of hydrogen-bond acceptors (Lipinski definition) is 3. The van der Waals surface area contributed by atoms with Crippen molar-refractivity contribution in [3.8, 4) is 5.69 Å². The molecule has 2 aromatic heterocycles. The van der Waals surface area contributed by atoms with Crippen molar-refractivity contribution in [2.45, 2.75) is 31.8 Å². The number of benzene rings is 2. The first-order valence-electron chi connectivity index (χ1n) is 9.61. The van der Waals surface area contributed by atoms with Crippen molar-refractivity contribution in [2.75, 3.05) is 0 Å². The molecular formula is C22H19FN4O2. The molecule has 2 aromatic carbocycles. The predicted molar refractivity (Wildman–Crippen MR) is 108 cm³/mol. The van der Waals surface area contributed by atoms with Crippen LogP contribution in [0.15, 0.2) is 70.5 Å². The lowest BCUT2D eigenvalue weighted by atomic mass is 10.1. The highest BCUT2D eigenvalue weighted by molar-refractivity contribution is 5.73. The monoisotopic (exact) mass is 390 g/mol. The van der Waals surface area contributed by atoms with E-state index in [-0.39, 0.29) is 23.3 Å². The zero-order valence-electron chi connectivity index (χ0n) is 15.8. The van der Waals surface area contributed by atoms with E-state index in [0.717, 1.165) is 18.4 Å². The molecule has 2 heterocycles. The van der Waals surface area contributed by atoms with Gasteiger partial charge in [0.1, 0.15) is 5.82 Å². The molecule has 0 N–H and O–H groups in total. The minimum atomic E-state index is -0.436. The van der Waals surface area contributed by atoms with E-state index in [1.54, 1.807) is 6.33 Å². The van der Waals surface area contributed by atoms with Gasteiger partial charge >= 0.3 is 5.69 Å². The molecule has 29 heavy (non-hydrogen) atoms. The van der Waals surface area contributed by atoms with E-state index >= 15 is 0 Å². The van der Waals surface area contributed by atoms with Gasteiger partial charge in [0.2, 0.25) is 0 Å². The zero-order chi connectivity index (χ0) is 20.1. The Morgan fingerprint density at radius 1 is 1.03 bits per heavy atom. The zero-order valence-corrected chi connectivity index (χ0v) is 15.8. The molecule has 1 saturated carbocycles. The van der Waals surface area contributed by atoms with Crippen LogP contribution in [0.25, 0.3) is 16.9 Å². The standard InChI is InChI=1S/C22H19FN4O2/c1-14(15-5-3-2-4-6-15)25-13-24-20-19(25)21(28)27(18-11-12-18)22(29)26(20)17-9-7-16(23)8-10-17/h2-10,13-14,18H,11-12H2,1H3. The molecule has 0 amide bonds. The Bertz CT molecular complexity index is 1320. The second-order valence-corrected chi connectivity index (χ2v) is 7.41. The summed E-state index contributed by atoms with van der Waals surface area (Å²) in [5, 5.41) is 0. The second kappa shape index (κ2) is 6.55. The van der Waals surface area contributed by atoms with Crippen molar-refractivity contribution < 1.29 is 4.39 Å². The molecule has 1 aliphatic carbocycles. The third-order valence-electron chi connectivity index (χ3n) is 5.50. The fraction of sp³-hybridized carbons (Fsp3) is 0.227. The van der Waals surface area contributed by atoms with E-state index < -0.39 is 11.5 Å². The molecule has 0 saturated heterocycles. The van der Waals surface area contributed by atoms with E-state index in [9.17, 15) is 14.0 Å². The van der Waals surface area contributed by atoms with Crippen LogP contribution in [0.4, 0.5) is 4.39 Å². The van der Waals surface area contributed by atoms with E-state index in [1.165, 1.54) is 33.4 Å². The van der Waals surface area contributed by atoms with Gasteiger partial charge in [0.25, 0.3) is 5.56 Å². The Labute approximate surface area is 165 Å². The van der Waals surface area contributed by atoms with Crippen molar-refractivity contribution in [1.29, 1.82) is 0 Å². The van der Waals surface area contributed by atoms with Gasteiger partial charge in [-0.15, -0.1) is 0 Å². The van der Waals surface area contributed by atoms with Crippen molar-refractivity contribution >= 4 is 11.2 Å². The van der Waals surface area contributed by atoms with Crippen LogP contribution in [0, 0.1) is 5.82 Å². The van der Waals surface area contributed by atoms with E-state index in [2.05, 4.69) is 4.98 Å². The average molecular weight is 390 g/mol. The van der Waals surface area contributed by atoms with Gasteiger partial charge < -0.3 is 4.57 Å². The number of imidazole rings is 1. The molecule has 1 aliphatic rings. The van der Waals surface area contributed by atoms with Crippen molar-refractivity contribution in [3.05, 3.63) is 93.1 Å². The van der Waals surface area contributed by atoms with Crippen LogP contribution in [-0.2, 0) is 0 Å². The SMILES string of the molecule is CC(c1ccccc1)n1cnc2c1c(=O)n(C1CC1)c(=O)n2-c1ccc(F)cc1. The molecule has 0 bridgehead atoms. The van der Waals surface area contributed by atoms with Crippen molar-refractivity contribution in [2.24, 2.45) is 0 Å². The highest BCUT2D eigenvalue weighted by atomic mass is 19.1. The third kappa shape index (κ3) is 2.81. The van der Waals surface area contributed by atoms with Gasteiger partial charge in [0.05, 0.1) is 18.1 Å². The molecule has 146 valence electrons. The summed E-state index contributed by atoms with van der Waals surface area (Å²) in [6.07, 6.45) is 3.19. The summed E-state index contributed by atoms with van der Waals surface area (Å²) < 4.78 is 18.0. The van der Waals surface area contributed by atoms with Crippen molar-refractivity contribution in [3.63, 3.8) is 0 Å². The highest BCUT2D eigenvalue weighted by Crippen LogP contribution is 2.33. The number of halogens is 1. The molecule has 1 unspecified atom stereocenters. The fourth-order valence-corrected chi connectivity index (χ4v) is 3.78. The van der Waals surface area contributed by atoms with Crippen LogP contribution < -0.4 is 11.2 Å². The summed E-state index contributed by atoms with van der Waals surface area (Å²) >= 11 is 0. The summed E-state index contributed by atoms with van der Waals surface area (Å²) in [5.74, 6) is -0.392. The van der Waals surface area contributed by atoms with Crippen molar-refractivity contribution in [1.82, 2.24) is 18.7 Å². The first-order chi connectivity index (χ1) is 14.1. The smallest absolute Gasteiger partial charge is 0.317 e. The fourth-order valence-electron chi connectivity index (χ4n) is 3.78. The molecule has 6 nitrogen and oxygen atoms in total. The highest BCUT2D eigenvalue weighted by Gasteiger charge is 2.31. The van der Waals surface area contributed by atoms with Crippen LogP contribution in [0.2, 0.25) is 0 Å². The molecule has 0 aliphatic heterocycles. The van der Waals surface area contributed by atoms with Gasteiger partial charge in [0, 0.05) is 6.04 Å². The Morgan fingerprint density at radius 3 is 2.38 bits per heavy atom. The predicted octanol–water partition coefficient (Wildman–Crippen LogP) is 3.43. The van der Waals surface area contributed by atoms with Crippen LogP contribution in [-0.4, -0.2) is 18.7 Å². The van der Waals surface area contributed by atoms with Gasteiger partial charge in [-0.05, 0) is 49.6 Å². The first-order valence-corrected chi connectivity index (χ1v) is 9.61. The van der Waals surface area contributed by atoms with E-state index in [4.69, 9.17) is 0 Å². The van der Waals surface area contributed by atoms with E-state index in [1.807, 2.05) is 41.8 Å². The van der Waals surface area contributed by atoms with Crippen LogP contribution >= 0.6 is 0 Å². The quantitative estimate of drug-likeness (QED) is 0.536. The maximum Gasteiger partial charge on any atom is 0.337 e. The van der Waals surface area contributed by atoms with Crippen LogP contribution in [0.1, 0.15) is 37.4 Å². The summed E-state index contributed by atoms with van der Waals surface area (Å²) in [7, 11) is 0. The maximum absolute atomic E-state index is 13.4. The largest absolute Gasteiger partial charge is 0.337 e. The summed E-state index contributed by atoms with van der Waals surface area (Å²) in [5.41, 5.74) is 1.40. The first kappa shape index (κ1) is 17.6. The van der Waals surface area contributed by atoms with Crippen LogP contribution in [0.5, 0.6) is 0 Å². The molecule has 4 aromatic rings. The molecule has 0 radical (unpaired) electrons. The molecule has 0 spiro atoms. The summed E-state index contributed by atoms with van der Waals surface area (Å²) in [6, 6.07) is 15.2. The topological polar surface area (TPSA) is 61.8 Å². The molecule has 7 heteroatoms. The summed E-state index contributed by atoms with van der Waals surface area (Å²) in [4.78, 5) is 30.9. The molecule has 5 rings (SSSR count). The lowest BCUT2D eigenvalue weighted by Gasteiger charge is -2.16. The Morgan fingerprint density at radius 2 is 1.72 bits per heavy atom. The van der Waals surface area contributed by atoms with Crippen LogP contribution in [0.3, 0.4) is 0 Å². The molecule has 1 fully saturated rings. The molecule has 1 atom stereocenters. The molecular weight excluding hydrogens is 371 g/mol. The normalized spacial score (nSPS) is 15.0. The summed E-state index contributed by atoms with van der Waals surface area (Å²) in [6.45, 7) is 1.99. The van der Waals surface area contributed by atoms with Gasteiger partial charge in [-0.3, -0.25) is 9.36 Å². The number of aromatic nitrogens is 4. The number of hydrogen-bond donors (Lipinski definition) is 0. The Balaban J connectivity index is 1.82. The van der Waals surface area contributed by atoms with Gasteiger partial charge in [-0.1, -0.05) is 30.3 Å².